The highest BCUT2D eigenvalue weighted by Gasteiger charge is 2.27. The van der Waals surface area contributed by atoms with Crippen LogP contribution >= 0.6 is 11.8 Å². The van der Waals surface area contributed by atoms with Gasteiger partial charge in [-0.25, -0.2) is 9.82 Å². The number of H-pyrrole nitrogens is 1. The third-order valence-electron chi connectivity index (χ3n) is 4.97. The van der Waals surface area contributed by atoms with Gasteiger partial charge >= 0.3 is 0 Å². The summed E-state index contributed by atoms with van der Waals surface area (Å²) in [5, 5.41) is 18.9. The Hall–Kier alpha value is -2.38. The maximum absolute atomic E-state index is 9.44. The highest BCUT2D eigenvalue weighted by molar-refractivity contribution is 6.13. The van der Waals surface area contributed by atoms with E-state index in [0.29, 0.717) is 12.8 Å². The molecule has 0 aliphatic carbocycles. The summed E-state index contributed by atoms with van der Waals surface area (Å²) in [5.41, 5.74) is 2.14. The van der Waals surface area contributed by atoms with Crippen LogP contribution in [0.1, 0.15) is 24.7 Å². The number of hydrogen-bond donors (Lipinski definition) is 4. The quantitative estimate of drug-likeness (QED) is 0.378. The number of rotatable bonds is 10. The standard InChI is InChI=1S/C22H26ClN3O3/c1-2-21-24-13-20(25-21)17-5-9-19(10-6-17)29-18-7-3-16(4-8-18)11-12-22(14-27,15-28)26-23/h3-10,13,26-28H,2,11-12,14-15H2,1H3,(H,24,25). The zero-order valence-corrected chi connectivity index (χ0v) is 17.1. The fourth-order valence-electron chi connectivity index (χ4n) is 2.94. The van der Waals surface area contributed by atoms with Gasteiger partial charge in [0.25, 0.3) is 0 Å². The lowest BCUT2D eigenvalue weighted by Gasteiger charge is -2.27. The molecule has 0 aliphatic heterocycles. The maximum Gasteiger partial charge on any atom is 0.127 e. The second-order valence-corrected chi connectivity index (χ2v) is 7.24. The molecular weight excluding hydrogens is 390 g/mol. The first-order valence-electron chi connectivity index (χ1n) is 9.62. The van der Waals surface area contributed by atoms with Crippen LogP contribution < -0.4 is 9.57 Å². The van der Waals surface area contributed by atoms with Gasteiger partial charge in [-0.15, -0.1) is 0 Å². The van der Waals surface area contributed by atoms with Crippen molar-refractivity contribution in [2.45, 2.75) is 31.7 Å². The van der Waals surface area contributed by atoms with Crippen molar-refractivity contribution >= 4 is 11.8 Å². The van der Waals surface area contributed by atoms with Crippen molar-refractivity contribution in [3.8, 4) is 22.8 Å². The summed E-state index contributed by atoms with van der Waals surface area (Å²) >= 11 is 5.67. The number of nitrogens with zero attached hydrogens (tertiary/aromatic N) is 1. The Kier molecular flexibility index (Phi) is 7.28. The predicted octanol–water partition coefficient (Wildman–Crippen LogP) is 3.83. The highest BCUT2D eigenvalue weighted by atomic mass is 35.5. The van der Waals surface area contributed by atoms with Crippen LogP contribution in [0.4, 0.5) is 0 Å². The number of ether oxygens (including phenoxy) is 1. The lowest BCUT2D eigenvalue weighted by molar-refractivity contribution is 0.103. The molecule has 7 heteroatoms. The van der Waals surface area contributed by atoms with E-state index in [1.54, 1.807) is 0 Å². The SMILES string of the molecule is CCc1nc(-c2ccc(Oc3ccc(CCC(CO)(CO)NCl)cc3)cc2)c[nH]1. The van der Waals surface area contributed by atoms with Crippen molar-refractivity contribution < 1.29 is 14.9 Å². The topological polar surface area (TPSA) is 90.4 Å². The molecule has 0 unspecified atom stereocenters. The molecular formula is C22H26ClN3O3. The number of hydrogen-bond acceptors (Lipinski definition) is 5. The second-order valence-electron chi connectivity index (χ2n) is 7.05. The summed E-state index contributed by atoms with van der Waals surface area (Å²) in [6.07, 6.45) is 3.97. The number of aliphatic hydroxyl groups excluding tert-OH is 2. The first kappa shape index (κ1) is 21.3. The fourth-order valence-corrected chi connectivity index (χ4v) is 3.16. The van der Waals surface area contributed by atoms with Gasteiger partial charge in [-0.1, -0.05) is 19.1 Å². The van der Waals surface area contributed by atoms with Crippen LogP contribution in [0.5, 0.6) is 11.5 Å². The molecule has 1 heterocycles. The Balaban J connectivity index is 1.59. The van der Waals surface area contributed by atoms with Crippen LogP contribution in [0.25, 0.3) is 11.3 Å². The summed E-state index contributed by atoms with van der Waals surface area (Å²) in [4.78, 5) is 10.2. The van der Waals surface area contributed by atoms with Crippen molar-refractivity contribution in [1.82, 2.24) is 14.8 Å². The third kappa shape index (κ3) is 5.36. The third-order valence-corrected chi connectivity index (χ3v) is 5.37. The minimum atomic E-state index is -0.884. The van der Waals surface area contributed by atoms with Crippen molar-refractivity contribution in [3.63, 3.8) is 0 Å². The van der Waals surface area contributed by atoms with E-state index < -0.39 is 5.54 Å². The van der Waals surface area contributed by atoms with Gasteiger partial charge in [-0.05, 0) is 66.6 Å². The van der Waals surface area contributed by atoms with Crippen molar-refractivity contribution in [2.75, 3.05) is 13.2 Å². The molecule has 3 rings (SSSR count). The second kappa shape index (κ2) is 9.89. The number of imidazole rings is 1. The smallest absolute Gasteiger partial charge is 0.127 e. The van der Waals surface area contributed by atoms with Gasteiger partial charge in [0.15, 0.2) is 0 Å². The van der Waals surface area contributed by atoms with Gasteiger partial charge in [-0.3, -0.25) is 0 Å². The zero-order valence-electron chi connectivity index (χ0n) is 16.4. The number of halogens is 1. The minimum absolute atomic E-state index is 0.234. The maximum atomic E-state index is 9.44. The highest BCUT2D eigenvalue weighted by Crippen LogP contribution is 2.26. The number of aromatic amines is 1. The van der Waals surface area contributed by atoms with Gasteiger partial charge in [-0.2, -0.15) is 0 Å². The van der Waals surface area contributed by atoms with Crippen molar-refractivity contribution in [3.05, 3.63) is 66.1 Å². The Labute approximate surface area is 175 Å². The summed E-state index contributed by atoms with van der Waals surface area (Å²) in [5.74, 6) is 2.46. The van der Waals surface area contributed by atoms with Crippen LogP contribution in [0.2, 0.25) is 0 Å². The van der Waals surface area contributed by atoms with Gasteiger partial charge in [0, 0.05) is 18.2 Å². The van der Waals surface area contributed by atoms with E-state index in [4.69, 9.17) is 16.5 Å². The van der Waals surface area contributed by atoms with Crippen LogP contribution in [-0.2, 0) is 12.8 Å². The van der Waals surface area contributed by atoms with Gasteiger partial charge in [0.1, 0.15) is 17.3 Å². The summed E-state index contributed by atoms with van der Waals surface area (Å²) in [7, 11) is 0. The van der Waals surface area contributed by atoms with Crippen molar-refractivity contribution in [1.29, 1.82) is 0 Å². The van der Waals surface area contributed by atoms with Crippen molar-refractivity contribution in [2.24, 2.45) is 0 Å². The molecule has 154 valence electrons. The monoisotopic (exact) mass is 415 g/mol. The van der Waals surface area contributed by atoms with Gasteiger partial charge in [0.2, 0.25) is 0 Å². The number of nitrogens with one attached hydrogen (secondary N) is 2. The number of aliphatic hydroxyl groups is 2. The summed E-state index contributed by atoms with van der Waals surface area (Å²) in [6.45, 7) is 1.60. The Morgan fingerprint density at radius 2 is 1.66 bits per heavy atom. The van der Waals surface area contributed by atoms with E-state index in [1.165, 1.54) is 0 Å². The predicted molar refractivity (Wildman–Crippen MR) is 114 cm³/mol. The Morgan fingerprint density at radius 3 is 2.17 bits per heavy atom. The molecule has 0 saturated heterocycles. The molecule has 6 nitrogen and oxygen atoms in total. The number of benzene rings is 2. The molecule has 0 fully saturated rings. The molecule has 1 aromatic heterocycles. The Morgan fingerprint density at radius 1 is 1.03 bits per heavy atom. The first-order chi connectivity index (χ1) is 14.1. The van der Waals surface area contributed by atoms with E-state index in [-0.39, 0.29) is 13.2 Å². The van der Waals surface area contributed by atoms with E-state index >= 15 is 0 Å². The number of aryl methyl sites for hydroxylation is 2. The largest absolute Gasteiger partial charge is 0.457 e. The average Bonchev–Trinajstić information content (AvgIpc) is 3.26. The van der Waals surface area contributed by atoms with E-state index in [0.717, 1.165) is 40.6 Å². The summed E-state index contributed by atoms with van der Waals surface area (Å²) in [6, 6.07) is 15.6. The van der Waals surface area contributed by atoms with Gasteiger partial charge in [0.05, 0.1) is 24.4 Å². The normalized spacial score (nSPS) is 11.6. The van der Waals surface area contributed by atoms with Crippen LogP contribution in [0.15, 0.2) is 54.7 Å². The molecule has 0 atom stereocenters. The van der Waals surface area contributed by atoms with E-state index in [2.05, 4.69) is 21.7 Å². The first-order valence-corrected chi connectivity index (χ1v) is 10.00. The van der Waals surface area contributed by atoms with Crippen LogP contribution in [0.3, 0.4) is 0 Å². The summed E-state index contributed by atoms with van der Waals surface area (Å²) < 4.78 is 5.92. The Bertz CT molecular complexity index is 882. The average molecular weight is 416 g/mol. The van der Waals surface area contributed by atoms with Gasteiger partial charge < -0.3 is 19.9 Å². The molecule has 0 radical (unpaired) electrons. The number of aromatic nitrogens is 2. The van der Waals surface area contributed by atoms with E-state index in [9.17, 15) is 10.2 Å². The molecule has 3 aromatic rings. The van der Waals surface area contributed by atoms with Crippen LogP contribution in [-0.4, -0.2) is 38.9 Å². The molecule has 0 amide bonds. The molecule has 0 aliphatic rings. The zero-order chi connectivity index (χ0) is 20.7. The molecule has 2 aromatic carbocycles. The molecule has 29 heavy (non-hydrogen) atoms. The van der Waals surface area contributed by atoms with Crippen LogP contribution in [0, 0.1) is 0 Å². The molecule has 4 N–H and O–H groups in total. The fraction of sp³-hybridized carbons (Fsp3) is 0.318. The van der Waals surface area contributed by atoms with E-state index in [1.807, 2.05) is 54.7 Å². The molecule has 0 bridgehead atoms. The molecule has 0 spiro atoms. The lowest BCUT2D eigenvalue weighted by atomic mass is 9.94. The lowest BCUT2D eigenvalue weighted by Crippen LogP contribution is -2.47. The molecule has 0 saturated carbocycles. The minimum Gasteiger partial charge on any atom is -0.457 e.